The molecule has 0 fully saturated rings. The van der Waals surface area contributed by atoms with Crippen molar-refractivity contribution in [1.82, 2.24) is 4.57 Å². The zero-order valence-electron chi connectivity index (χ0n) is 12.4. The second kappa shape index (κ2) is 4.86. The first-order chi connectivity index (χ1) is 10.2. The third-order valence-corrected chi connectivity index (χ3v) is 4.09. The first-order valence-electron chi connectivity index (χ1n) is 6.78. The van der Waals surface area contributed by atoms with Gasteiger partial charge in [0.05, 0.1) is 4.92 Å². The minimum atomic E-state index is -0.392. The third-order valence-electron chi connectivity index (χ3n) is 3.64. The lowest BCUT2D eigenvalue weighted by molar-refractivity contribution is -0.383. The van der Waals surface area contributed by atoms with Crippen LogP contribution in [0.4, 0.5) is 5.69 Å². The van der Waals surface area contributed by atoms with Crippen molar-refractivity contribution in [1.29, 1.82) is 0 Å². The van der Waals surface area contributed by atoms with Gasteiger partial charge in [-0.15, -0.1) is 0 Å². The van der Waals surface area contributed by atoms with E-state index in [9.17, 15) is 10.1 Å². The number of benzene rings is 2. The molecule has 0 aliphatic heterocycles. The molecule has 0 saturated carbocycles. The van der Waals surface area contributed by atoms with E-state index in [1.54, 1.807) is 12.1 Å². The molecule has 0 atom stereocenters. The molecule has 3 rings (SSSR count). The fraction of sp³-hybridized carbons (Fsp3) is 0.250. The molecule has 4 nitrogen and oxygen atoms in total. The number of hydrogen-bond acceptors (Lipinski definition) is 2. The number of rotatable bonds is 1. The van der Waals surface area contributed by atoms with E-state index in [1.807, 2.05) is 37.5 Å². The topological polar surface area (TPSA) is 48.1 Å². The number of fused-ring (bicyclic) bond motifs is 3. The molecule has 3 aromatic rings. The lowest BCUT2D eigenvalue weighted by Crippen LogP contribution is -2.21. The van der Waals surface area contributed by atoms with E-state index in [0.717, 1.165) is 16.3 Å². The second-order valence-corrected chi connectivity index (χ2v) is 7.12. The lowest BCUT2D eigenvalue weighted by atomic mass is 10.1. The maximum atomic E-state index is 11.5. The highest BCUT2D eigenvalue weighted by Crippen LogP contribution is 2.41. The number of halogens is 2. The highest BCUT2D eigenvalue weighted by atomic mass is 35.5. The largest absolute Gasteiger partial charge is 0.329 e. The molecule has 0 spiro atoms. The molecule has 0 bridgehead atoms. The molecule has 2 aromatic carbocycles. The molecule has 0 N–H and O–H groups in total. The van der Waals surface area contributed by atoms with Crippen LogP contribution < -0.4 is 0 Å². The predicted molar refractivity (Wildman–Crippen MR) is 91.1 cm³/mol. The van der Waals surface area contributed by atoms with Gasteiger partial charge in [-0.1, -0.05) is 23.2 Å². The fourth-order valence-electron chi connectivity index (χ4n) is 2.90. The quantitative estimate of drug-likeness (QED) is 0.418. The second-order valence-electron chi connectivity index (χ2n) is 6.25. The van der Waals surface area contributed by atoms with Crippen LogP contribution in [0.15, 0.2) is 30.3 Å². The van der Waals surface area contributed by atoms with Crippen molar-refractivity contribution in [3.8, 4) is 0 Å². The molecular formula is C16H14Cl2N2O2. The van der Waals surface area contributed by atoms with E-state index >= 15 is 0 Å². The van der Waals surface area contributed by atoms with Gasteiger partial charge in [0, 0.05) is 37.9 Å². The van der Waals surface area contributed by atoms with Gasteiger partial charge in [0.25, 0.3) is 5.69 Å². The van der Waals surface area contributed by atoms with Gasteiger partial charge in [-0.2, -0.15) is 0 Å². The summed E-state index contributed by atoms with van der Waals surface area (Å²) in [6.45, 7) is 6.04. The maximum absolute atomic E-state index is 11.5. The molecule has 0 saturated heterocycles. The monoisotopic (exact) mass is 336 g/mol. The molecule has 0 aliphatic rings. The van der Waals surface area contributed by atoms with E-state index in [-0.39, 0.29) is 11.2 Å². The average molecular weight is 337 g/mol. The van der Waals surface area contributed by atoms with Gasteiger partial charge in [0.15, 0.2) is 0 Å². The minimum Gasteiger partial charge on any atom is -0.329 e. The molecule has 0 radical (unpaired) electrons. The van der Waals surface area contributed by atoms with Crippen LogP contribution >= 0.6 is 23.2 Å². The number of hydrogen-bond donors (Lipinski definition) is 0. The predicted octanol–water partition coefficient (Wildman–Crippen LogP) is 5.76. The minimum absolute atomic E-state index is 0.00440. The summed E-state index contributed by atoms with van der Waals surface area (Å²) in [6, 6.07) is 8.65. The summed E-state index contributed by atoms with van der Waals surface area (Å²) in [5, 5.41) is 14.0. The molecule has 1 heterocycles. The Bertz CT molecular complexity index is 923. The third kappa shape index (κ3) is 2.23. The van der Waals surface area contributed by atoms with Crippen LogP contribution in [0, 0.1) is 10.1 Å². The van der Waals surface area contributed by atoms with Crippen LogP contribution in [0.3, 0.4) is 0 Å². The van der Waals surface area contributed by atoms with Crippen molar-refractivity contribution in [3.63, 3.8) is 0 Å². The summed E-state index contributed by atoms with van der Waals surface area (Å²) in [4.78, 5) is 11.1. The van der Waals surface area contributed by atoms with Gasteiger partial charge in [0.1, 0.15) is 5.52 Å². The van der Waals surface area contributed by atoms with Gasteiger partial charge < -0.3 is 4.57 Å². The summed E-state index contributed by atoms with van der Waals surface area (Å²) in [7, 11) is 0. The number of nitro benzene ring substituents is 1. The van der Waals surface area contributed by atoms with Crippen molar-refractivity contribution in [2.24, 2.45) is 0 Å². The first-order valence-corrected chi connectivity index (χ1v) is 7.54. The molecule has 22 heavy (non-hydrogen) atoms. The molecule has 114 valence electrons. The van der Waals surface area contributed by atoms with Crippen LogP contribution in [0.25, 0.3) is 21.8 Å². The lowest BCUT2D eigenvalue weighted by Gasteiger charge is -2.24. The van der Waals surface area contributed by atoms with Crippen molar-refractivity contribution in [2.75, 3.05) is 0 Å². The highest BCUT2D eigenvalue weighted by Gasteiger charge is 2.27. The van der Waals surface area contributed by atoms with Crippen LogP contribution in [0.2, 0.25) is 10.0 Å². The van der Waals surface area contributed by atoms with Crippen LogP contribution in [0.5, 0.6) is 0 Å². The Hall–Kier alpha value is -1.78. The standard InChI is InChI=1S/C16H14Cl2N2O2/c1-16(2,3)19-13-5-4-9(17)6-11(13)12-7-10(18)8-14(15(12)19)20(21)22/h4-8H,1-3H3. The van der Waals surface area contributed by atoms with E-state index in [2.05, 4.69) is 0 Å². The van der Waals surface area contributed by atoms with Crippen molar-refractivity contribution in [3.05, 3.63) is 50.5 Å². The number of nitrogens with zero attached hydrogens (tertiary/aromatic N) is 2. The molecule has 1 aromatic heterocycles. The summed E-state index contributed by atoms with van der Waals surface area (Å²) < 4.78 is 1.97. The molecule has 0 amide bonds. The molecule has 0 aliphatic carbocycles. The zero-order chi connectivity index (χ0) is 16.2. The normalized spacial score (nSPS) is 12.2. The van der Waals surface area contributed by atoms with E-state index in [0.29, 0.717) is 15.6 Å². The Balaban J connectivity index is 2.66. The van der Waals surface area contributed by atoms with Gasteiger partial charge >= 0.3 is 0 Å². The van der Waals surface area contributed by atoms with Gasteiger partial charge in [-0.25, -0.2) is 0 Å². The summed E-state index contributed by atoms with van der Waals surface area (Å²) >= 11 is 12.2. The highest BCUT2D eigenvalue weighted by molar-refractivity contribution is 6.33. The van der Waals surface area contributed by atoms with Crippen LogP contribution in [0.1, 0.15) is 20.8 Å². The van der Waals surface area contributed by atoms with Crippen molar-refractivity contribution >= 4 is 50.7 Å². The smallest absolute Gasteiger partial charge is 0.295 e. The molecule has 0 unspecified atom stereocenters. The van der Waals surface area contributed by atoms with Crippen LogP contribution in [-0.2, 0) is 5.54 Å². The SMILES string of the molecule is CC(C)(C)n1c2ccc(Cl)cc2c2cc(Cl)cc([N+](=O)[O-])c21. The van der Waals surface area contributed by atoms with Gasteiger partial charge in [0.2, 0.25) is 0 Å². The maximum Gasteiger partial charge on any atom is 0.295 e. The Morgan fingerprint density at radius 3 is 2.27 bits per heavy atom. The first kappa shape index (κ1) is 15.1. The number of aromatic nitrogens is 1. The van der Waals surface area contributed by atoms with Crippen LogP contribution in [-0.4, -0.2) is 9.49 Å². The van der Waals surface area contributed by atoms with E-state index < -0.39 is 4.92 Å². The number of nitro groups is 1. The Morgan fingerprint density at radius 1 is 1.05 bits per heavy atom. The van der Waals surface area contributed by atoms with E-state index in [1.165, 1.54) is 6.07 Å². The summed E-state index contributed by atoms with van der Waals surface area (Å²) in [5.74, 6) is 0. The number of non-ortho nitro benzene ring substituents is 1. The molecule has 6 heteroatoms. The summed E-state index contributed by atoms with van der Waals surface area (Å²) in [6.07, 6.45) is 0. The average Bonchev–Trinajstić information content (AvgIpc) is 2.71. The zero-order valence-corrected chi connectivity index (χ0v) is 13.9. The van der Waals surface area contributed by atoms with Gasteiger partial charge in [-0.3, -0.25) is 10.1 Å². The molecular weight excluding hydrogens is 323 g/mol. The van der Waals surface area contributed by atoms with Crippen molar-refractivity contribution < 1.29 is 4.92 Å². The van der Waals surface area contributed by atoms with Gasteiger partial charge in [-0.05, 0) is 45.0 Å². The van der Waals surface area contributed by atoms with E-state index in [4.69, 9.17) is 23.2 Å². The fourth-order valence-corrected chi connectivity index (χ4v) is 3.29. The Morgan fingerprint density at radius 2 is 1.68 bits per heavy atom. The Labute approximate surface area is 137 Å². The Kier molecular flexibility index (Phi) is 3.34. The summed E-state index contributed by atoms with van der Waals surface area (Å²) in [5.41, 5.74) is 1.15. The van der Waals surface area contributed by atoms with Crippen molar-refractivity contribution in [2.45, 2.75) is 26.3 Å².